The number of rotatable bonds is 2. The van der Waals surface area contributed by atoms with E-state index >= 15 is 0 Å². The second-order valence-electron chi connectivity index (χ2n) is 4.87. The number of nitrogens with zero attached hydrogens (tertiary/aromatic N) is 4. The van der Waals surface area contributed by atoms with E-state index in [1.807, 2.05) is 0 Å². The number of aryl methyl sites for hydroxylation is 1. The molecular formula is C11H15N5O5. The number of aliphatic hydroxyl groups is 3. The number of imidazole rings is 1. The molecule has 1 saturated heterocycles. The lowest BCUT2D eigenvalue weighted by molar-refractivity contribution is -0.0527. The fraction of sp³-hybridized carbons (Fsp3) is 0.545. The van der Waals surface area contributed by atoms with E-state index in [1.54, 1.807) is 0 Å². The fourth-order valence-corrected chi connectivity index (χ4v) is 2.55. The number of nitrogens with two attached hydrogens (primary N) is 1. The van der Waals surface area contributed by atoms with Gasteiger partial charge in [0.1, 0.15) is 30.2 Å². The lowest BCUT2D eigenvalue weighted by atomic mass is 10.1. The first-order valence-electron chi connectivity index (χ1n) is 6.27. The largest absolute Gasteiger partial charge is 0.394 e. The lowest BCUT2D eigenvalue weighted by Crippen LogP contribution is -2.35. The molecule has 10 heteroatoms. The quantitative estimate of drug-likeness (QED) is 0.468. The van der Waals surface area contributed by atoms with Gasteiger partial charge in [0.25, 0.3) is 0 Å². The molecule has 0 radical (unpaired) electrons. The van der Waals surface area contributed by atoms with Gasteiger partial charge in [0.2, 0.25) is 0 Å². The van der Waals surface area contributed by atoms with Gasteiger partial charge >= 0.3 is 5.69 Å². The normalized spacial score (nSPS) is 29.3. The third kappa shape index (κ3) is 1.84. The van der Waals surface area contributed by atoms with Crippen molar-refractivity contribution in [2.24, 2.45) is 7.05 Å². The summed E-state index contributed by atoms with van der Waals surface area (Å²) in [5, 5.41) is 29.0. The summed E-state index contributed by atoms with van der Waals surface area (Å²) < 4.78 is 7.69. The Bertz CT molecular complexity index is 740. The van der Waals surface area contributed by atoms with Gasteiger partial charge in [0.05, 0.1) is 6.61 Å². The molecule has 0 aromatic carbocycles. The van der Waals surface area contributed by atoms with Crippen molar-refractivity contribution in [3.05, 3.63) is 16.8 Å². The Morgan fingerprint density at radius 3 is 2.71 bits per heavy atom. The van der Waals surface area contributed by atoms with Crippen LogP contribution in [0, 0.1) is 0 Å². The first-order valence-corrected chi connectivity index (χ1v) is 6.27. The van der Waals surface area contributed by atoms with Crippen LogP contribution < -0.4 is 11.4 Å². The van der Waals surface area contributed by atoms with Gasteiger partial charge in [-0.1, -0.05) is 0 Å². The van der Waals surface area contributed by atoms with Gasteiger partial charge in [0, 0.05) is 7.05 Å². The monoisotopic (exact) mass is 297 g/mol. The molecule has 2 aromatic heterocycles. The minimum atomic E-state index is -1.37. The molecule has 3 heterocycles. The summed E-state index contributed by atoms with van der Waals surface area (Å²) in [6, 6.07) is 0. The van der Waals surface area contributed by atoms with Gasteiger partial charge < -0.3 is 25.8 Å². The Hall–Kier alpha value is -2.01. The van der Waals surface area contributed by atoms with Crippen LogP contribution in [0.1, 0.15) is 6.23 Å². The summed E-state index contributed by atoms with van der Waals surface area (Å²) in [6.45, 7) is -0.481. The van der Waals surface area contributed by atoms with Crippen molar-refractivity contribution < 1.29 is 20.1 Å². The molecule has 0 amide bonds. The summed E-state index contributed by atoms with van der Waals surface area (Å²) in [4.78, 5) is 20.2. The van der Waals surface area contributed by atoms with Crippen molar-refractivity contribution in [1.82, 2.24) is 19.1 Å². The third-order valence-electron chi connectivity index (χ3n) is 3.66. The number of aliphatic hydroxyl groups excluding tert-OH is 3. The third-order valence-corrected chi connectivity index (χ3v) is 3.66. The van der Waals surface area contributed by atoms with E-state index in [1.165, 1.54) is 17.9 Å². The van der Waals surface area contributed by atoms with E-state index in [9.17, 15) is 15.0 Å². The van der Waals surface area contributed by atoms with E-state index < -0.39 is 36.8 Å². The van der Waals surface area contributed by atoms with Gasteiger partial charge in [-0.15, -0.1) is 0 Å². The predicted molar refractivity (Wildman–Crippen MR) is 70.2 cm³/mol. The van der Waals surface area contributed by atoms with Crippen molar-refractivity contribution in [1.29, 1.82) is 0 Å². The van der Waals surface area contributed by atoms with Gasteiger partial charge in [-0.3, -0.25) is 4.57 Å². The van der Waals surface area contributed by atoms with Crippen LogP contribution in [-0.4, -0.2) is 59.3 Å². The number of hydrogen-bond acceptors (Lipinski definition) is 8. The van der Waals surface area contributed by atoms with Crippen LogP contribution in [0.3, 0.4) is 0 Å². The molecule has 0 unspecified atom stereocenters. The maximum Gasteiger partial charge on any atom is 0.332 e. The first kappa shape index (κ1) is 13.9. The van der Waals surface area contributed by atoms with Gasteiger partial charge in [-0.2, -0.15) is 0 Å². The molecule has 5 N–H and O–H groups in total. The second kappa shape index (κ2) is 4.77. The summed E-state index contributed by atoms with van der Waals surface area (Å²) in [7, 11) is 1.49. The number of nitrogen functional groups attached to an aromatic ring is 1. The molecule has 1 aliphatic rings. The van der Waals surface area contributed by atoms with Crippen LogP contribution >= 0.6 is 0 Å². The fourth-order valence-electron chi connectivity index (χ4n) is 2.55. The zero-order valence-corrected chi connectivity index (χ0v) is 11.1. The topological polar surface area (TPSA) is 149 Å². The predicted octanol–water partition coefficient (Wildman–Crippen LogP) is -2.68. The van der Waals surface area contributed by atoms with Crippen LogP contribution in [0.5, 0.6) is 0 Å². The number of ether oxygens (including phenoxy) is 1. The average Bonchev–Trinajstić information content (AvgIpc) is 2.88. The molecule has 10 nitrogen and oxygen atoms in total. The molecule has 21 heavy (non-hydrogen) atoms. The van der Waals surface area contributed by atoms with Gasteiger partial charge in [0.15, 0.2) is 17.7 Å². The van der Waals surface area contributed by atoms with Gasteiger partial charge in [-0.05, 0) is 0 Å². The van der Waals surface area contributed by atoms with Crippen LogP contribution in [0.25, 0.3) is 11.2 Å². The van der Waals surface area contributed by atoms with Gasteiger partial charge in [-0.25, -0.2) is 19.3 Å². The number of anilines is 1. The maximum absolute atomic E-state index is 12.3. The molecule has 4 atom stereocenters. The lowest BCUT2D eigenvalue weighted by Gasteiger charge is -2.15. The highest BCUT2D eigenvalue weighted by Crippen LogP contribution is 2.30. The molecule has 0 bridgehead atoms. The Morgan fingerprint density at radius 1 is 1.38 bits per heavy atom. The SMILES string of the molecule is Cn1c(=O)n([C@@H]2O[C@@H](CO)[C@@H](O)[C@H]2O)c2ncnc(N)c21. The highest BCUT2D eigenvalue weighted by Gasteiger charge is 2.45. The highest BCUT2D eigenvalue weighted by atomic mass is 16.6. The zero-order valence-electron chi connectivity index (χ0n) is 11.1. The Morgan fingerprint density at radius 2 is 2.10 bits per heavy atom. The first-order chi connectivity index (χ1) is 9.97. The van der Waals surface area contributed by atoms with Crippen LogP contribution in [-0.2, 0) is 11.8 Å². The molecule has 2 aromatic rings. The molecule has 1 aliphatic heterocycles. The van der Waals surface area contributed by atoms with Crippen molar-refractivity contribution in [2.45, 2.75) is 24.5 Å². The summed E-state index contributed by atoms with van der Waals surface area (Å²) in [5.41, 5.74) is 5.71. The number of hydrogen-bond donors (Lipinski definition) is 4. The smallest absolute Gasteiger partial charge is 0.332 e. The minimum absolute atomic E-state index is 0.116. The zero-order chi connectivity index (χ0) is 15.3. The molecule has 114 valence electrons. The standard InChI is InChI=1S/C11H15N5O5/c1-15-5-8(12)13-3-14-9(5)16(11(15)20)10-7(19)6(18)4(2-17)21-10/h3-4,6-7,10,17-19H,2H2,1H3,(H2,12,13,14)/t4-,6+,7+,10+/m0/s1. The number of aromatic nitrogens is 4. The molecule has 1 fully saturated rings. The Kier molecular flexibility index (Phi) is 3.17. The van der Waals surface area contributed by atoms with E-state index in [2.05, 4.69) is 9.97 Å². The molecular weight excluding hydrogens is 282 g/mol. The van der Waals surface area contributed by atoms with Crippen LogP contribution in [0.4, 0.5) is 5.82 Å². The van der Waals surface area contributed by atoms with E-state index in [-0.39, 0.29) is 11.5 Å². The van der Waals surface area contributed by atoms with Crippen molar-refractivity contribution >= 4 is 17.0 Å². The van der Waals surface area contributed by atoms with Crippen molar-refractivity contribution in [2.75, 3.05) is 12.3 Å². The van der Waals surface area contributed by atoms with E-state index in [0.29, 0.717) is 5.52 Å². The molecule has 3 rings (SSSR count). The maximum atomic E-state index is 12.3. The molecule has 0 spiro atoms. The Balaban J connectivity index is 2.20. The van der Waals surface area contributed by atoms with Crippen molar-refractivity contribution in [3.8, 4) is 0 Å². The summed E-state index contributed by atoms with van der Waals surface area (Å²) >= 11 is 0. The summed E-state index contributed by atoms with van der Waals surface area (Å²) in [5.74, 6) is 0.116. The molecule has 0 aliphatic carbocycles. The highest BCUT2D eigenvalue weighted by molar-refractivity contribution is 5.82. The number of fused-ring (bicyclic) bond motifs is 1. The average molecular weight is 297 g/mol. The molecule has 0 saturated carbocycles. The summed E-state index contributed by atoms with van der Waals surface area (Å²) in [6.07, 6.45) is -3.63. The van der Waals surface area contributed by atoms with Crippen LogP contribution in [0.15, 0.2) is 11.1 Å². The minimum Gasteiger partial charge on any atom is -0.394 e. The Labute approximate surface area is 118 Å². The van der Waals surface area contributed by atoms with E-state index in [0.717, 1.165) is 4.57 Å². The van der Waals surface area contributed by atoms with Crippen LogP contribution in [0.2, 0.25) is 0 Å². The second-order valence-corrected chi connectivity index (χ2v) is 4.87. The van der Waals surface area contributed by atoms with Crippen molar-refractivity contribution in [3.63, 3.8) is 0 Å². The van der Waals surface area contributed by atoms with E-state index in [4.69, 9.17) is 15.6 Å².